The van der Waals surface area contributed by atoms with E-state index in [9.17, 15) is 14.4 Å². The molecule has 0 spiro atoms. The maximum Gasteiger partial charge on any atom is 0.338 e. The summed E-state index contributed by atoms with van der Waals surface area (Å²) in [6, 6.07) is 12.4. The molecule has 0 saturated carbocycles. The van der Waals surface area contributed by atoms with Crippen molar-refractivity contribution >= 4 is 28.6 Å². The molecule has 1 atom stereocenters. The Morgan fingerprint density at radius 1 is 1.10 bits per heavy atom. The highest BCUT2D eigenvalue weighted by Gasteiger charge is 2.20. The van der Waals surface area contributed by atoms with Gasteiger partial charge in [-0.15, -0.1) is 0 Å². The first-order valence-electron chi connectivity index (χ1n) is 10.3. The number of anilines is 1. The van der Waals surface area contributed by atoms with Crippen LogP contribution in [0.2, 0.25) is 0 Å². The molecule has 31 heavy (non-hydrogen) atoms. The number of nitrogens with one attached hydrogen (secondary N) is 1. The highest BCUT2D eigenvalue weighted by molar-refractivity contribution is 5.98. The summed E-state index contributed by atoms with van der Waals surface area (Å²) in [5.41, 5.74) is 3.45. The van der Waals surface area contributed by atoms with Crippen LogP contribution in [0.4, 0.5) is 5.69 Å². The minimum Gasteiger partial charge on any atom is -0.449 e. The maximum absolute atomic E-state index is 12.6. The van der Waals surface area contributed by atoms with Crippen LogP contribution in [-0.2, 0) is 16.1 Å². The first kappa shape index (κ1) is 22.2. The molecular weight excluding hydrogens is 394 g/mol. The smallest absolute Gasteiger partial charge is 0.338 e. The second-order valence-corrected chi connectivity index (χ2v) is 7.76. The van der Waals surface area contributed by atoms with Crippen LogP contribution in [0.5, 0.6) is 0 Å². The van der Waals surface area contributed by atoms with Crippen molar-refractivity contribution in [3.8, 4) is 0 Å². The molecule has 0 unspecified atom stereocenters. The van der Waals surface area contributed by atoms with Gasteiger partial charge >= 0.3 is 5.97 Å². The van der Waals surface area contributed by atoms with Crippen LogP contribution in [0.15, 0.2) is 47.3 Å². The van der Waals surface area contributed by atoms with Gasteiger partial charge in [-0.3, -0.25) is 9.59 Å². The third-order valence-electron chi connectivity index (χ3n) is 5.16. The number of amides is 1. The molecule has 0 bridgehead atoms. The molecule has 1 N–H and O–H groups in total. The minimum atomic E-state index is -0.979. The molecule has 7 heteroatoms. The summed E-state index contributed by atoms with van der Waals surface area (Å²) in [7, 11) is 0. The number of fused-ring (bicyclic) bond motifs is 1. The Bertz CT molecular complexity index is 1180. The molecule has 162 valence electrons. The summed E-state index contributed by atoms with van der Waals surface area (Å²) in [5, 5.41) is 2.76. The molecular formula is C24H27N3O4. The van der Waals surface area contributed by atoms with E-state index in [1.165, 1.54) is 12.5 Å². The van der Waals surface area contributed by atoms with Gasteiger partial charge in [-0.1, -0.05) is 26.0 Å². The van der Waals surface area contributed by atoms with E-state index >= 15 is 0 Å². The van der Waals surface area contributed by atoms with Crippen molar-refractivity contribution in [3.63, 3.8) is 0 Å². The number of rotatable bonds is 6. The van der Waals surface area contributed by atoms with Gasteiger partial charge in [0.05, 0.1) is 16.6 Å². The van der Waals surface area contributed by atoms with Crippen LogP contribution < -0.4 is 10.9 Å². The fourth-order valence-electron chi connectivity index (χ4n) is 3.29. The molecule has 0 aliphatic carbocycles. The fourth-order valence-corrected chi connectivity index (χ4v) is 3.29. The number of hydrogen-bond donors (Lipinski definition) is 1. The summed E-state index contributed by atoms with van der Waals surface area (Å²) >= 11 is 0. The van der Waals surface area contributed by atoms with E-state index in [4.69, 9.17) is 4.74 Å². The SMILES string of the molecule is CCn1c(=O)c(C)nc2cc(C(=O)O[C@H](C)C(=O)Nc3ccc(C(C)C)cc3)ccc21. The lowest BCUT2D eigenvalue weighted by Gasteiger charge is -2.15. The van der Waals surface area contributed by atoms with Gasteiger partial charge in [-0.25, -0.2) is 9.78 Å². The van der Waals surface area contributed by atoms with Gasteiger partial charge < -0.3 is 14.6 Å². The molecule has 1 heterocycles. The van der Waals surface area contributed by atoms with Crippen LogP contribution in [-0.4, -0.2) is 27.5 Å². The predicted octanol–water partition coefficient (Wildman–Crippen LogP) is 4.03. The number of carbonyl (C=O) groups is 2. The van der Waals surface area contributed by atoms with Gasteiger partial charge in [-0.05, 0) is 62.6 Å². The molecule has 3 aromatic rings. The summed E-state index contributed by atoms with van der Waals surface area (Å²) in [6.07, 6.45) is -0.979. The van der Waals surface area contributed by atoms with Crippen LogP contribution in [0, 0.1) is 6.92 Å². The van der Waals surface area contributed by atoms with Crippen molar-refractivity contribution in [1.82, 2.24) is 9.55 Å². The van der Waals surface area contributed by atoms with Crippen molar-refractivity contribution in [3.05, 3.63) is 69.6 Å². The molecule has 7 nitrogen and oxygen atoms in total. The number of aromatic nitrogens is 2. The quantitative estimate of drug-likeness (QED) is 0.607. The van der Waals surface area contributed by atoms with Crippen molar-refractivity contribution in [2.75, 3.05) is 5.32 Å². The monoisotopic (exact) mass is 421 g/mol. The number of nitrogens with zero attached hydrogens (tertiary/aromatic N) is 2. The molecule has 0 fully saturated rings. The van der Waals surface area contributed by atoms with Gasteiger partial charge in [-0.2, -0.15) is 0 Å². The standard InChI is InChI=1S/C24H27N3O4/c1-6-27-21-12-9-18(13-20(21)25-15(4)23(27)29)24(30)31-16(5)22(28)26-19-10-7-17(8-11-19)14(2)3/h7-14,16H,6H2,1-5H3,(H,26,28)/t16-/m1/s1. The first-order chi connectivity index (χ1) is 14.7. The largest absolute Gasteiger partial charge is 0.449 e. The van der Waals surface area contributed by atoms with E-state index < -0.39 is 18.0 Å². The van der Waals surface area contributed by atoms with Gasteiger partial charge in [0, 0.05) is 12.2 Å². The van der Waals surface area contributed by atoms with Crippen LogP contribution in [0.1, 0.15) is 55.2 Å². The van der Waals surface area contributed by atoms with Crippen LogP contribution in [0.3, 0.4) is 0 Å². The van der Waals surface area contributed by atoms with Gasteiger partial charge in [0.15, 0.2) is 6.10 Å². The minimum absolute atomic E-state index is 0.156. The lowest BCUT2D eigenvalue weighted by molar-refractivity contribution is -0.123. The Morgan fingerprint density at radius 2 is 1.77 bits per heavy atom. The first-order valence-corrected chi connectivity index (χ1v) is 10.3. The van der Waals surface area contributed by atoms with Crippen molar-refractivity contribution in [2.45, 2.75) is 53.2 Å². The van der Waals surface area contributed by atoms with E-state index in [1.807, 2.05) is 31.2 Å². The molecule has 1 aromatic heterocycles. The van der Waals surface area contributed by atoms with E-state index in [0.717, 1.165) is 0 Å². The maximum atomic E-state index is 12.6. The number of hydrogen-bond acceptors (Lipinski definition) is 5. The molecule has 0 aliphatic heterocycles. The molecule has 0 saturated heterocycles. The second kappa shape index (κ2) is 9.12. The number of ether oxygens (including phenoxy) is 1. The predicted molar refractivity (Wildman–Crippen MR) is 120 cm³/mol. The molecule has 0 aliphatic rings. The number of esters is 1. The van der Waals surface area contributed by atoms with Crippen LogP contribution in [0.25, 0.3) is 11.0 Å². The molecule has 0 radical (unpaired) electrons. The zero-order valence-electron chi connectivity index (χ0n) is 18.4. The van der Waals surface area contributed by atoms with E-state index in [1.54, 1.807) is 29.7 Å². The summed E-state index contributed by atoms with van der Waals surface area (Å²) in [4.78, 5) is 41.5. The highest BCUT2D eigenvalue weighted by Crippen LogP contribution is 2.18. The Kier molecular flexibility index (Phi) is 6.53. The Hall–Kier alpha value is -3.48. The summed E-state index contributed by atoms with van der Waals surface area (Å²) < 4.78 is 6.95. The zero-order valence-corrected chi connectivity index (χ0v) is 18.4. The number of aryl methyl sites for hydroxylation is 2. The van der Waals surface area contributed by atoms with Crippen molar-refractivity contribution in [2.24, 2.45) is 0 Å². The van der Waals surface area contributed by atoms with Crippen molar-refractivity contribution in [1.29, 1.82) is 0 Å². The summed E-state index contributed by atoms with van der Waals surface area (Å²) in [6.45, 7) is 9.73. The van der Waals surface area contributed by atoms with Gasteiger partial charge in [0.1, 0.15) is 5.69 Å². The Morgan fingerprint density at radius 3 is 2.39 bits per heavy atom. The lowest BCUT2D eigenvalue weighted by Crippen LogP contribution is -2.30. The highest BCUT2D eigenvalue weighted by atomic mass is 16.5. The zero-order chi connectivity index (χ0) is 22.7. The topological polar surface area (TPSA) is 90.3 Å². The number of carbonyl (C=O) groups excluding carboxylic acids is 2. The van der Waals surface area contributed by atoms with E-state index in [0.29, 0.717) is 34.9 Å². The fraction of sp³-hybridized carbons (Fsp3) is 0.333. The van der Waals surface area contributed by atoms with Gasteiger partial charge in [0.2, 0.25) is 0 Å². The van der Waals surface area contributed by atoms with Gasteiger partial charge in [0.25, 0.3) is 11.5 Å². The van der Waals surface area contributed by atoms with E-state index in [2.05, 4.69) is 24.1 Å². The number of benzene rings is 2. The molecule has 2 aromatic carbocycles. The molecule has 3 rings (SSSR count). The normalized spacial score (nSPS) is 12.1. The summed E-state index contributed by atoms with van der Waals surface area (Å²) in [5.74, 6) is -0.648. The van der Waals surface area contributed by atoms with Crippen LogP contribution >= 0.6 is 0 Å². The average Bonchev–Trinajstić information content (AvgIpc) is 2.74. The third kappa shape index (κ3) is 4.82. The Labute approximate surface area is 181 Å². The molecule has 1 amide bonds. The Balaban J connectivity index is 1.72. The second-order valence-electron chi connectivity index (χ2n) is 7.76. The van der Waals surface area contributed by atoms with Crippen molar-refractivity contribution < 1.29 is 14.3 Å². The average molecular weight is 421 g/mol. The lowest BCUT2D eigenvalue weighted by atomic mass is 10.0. The third-order valence-corrected chi connectivity index (χ3v) is 5.16. The van der Waals surface area contributed by atoms with E-state index in [-0.39, 0.29) is 11.1 Å².